The summed E-state index contributed by atoms with van der Waals surface area (Å²) in [4.78, 5) is 22.9. The summed E-state index contributed by atoms with van der Waals surface area (Å²) in [6.07, 6.45) is 4.90. The summed E-state index contributed by atoms with van der Waals surface area (Å²) in [5.41, 5.74) is 5.17. The minimum absolute atomic E-state index is 0.0920. The Labute approximate surface area is 140 Å². The Morgan fingerprint density at radius 3 is 2.79 bits per heavy atom. The van der Waals surface area contributed by atoms with Crippen LogP contribution >= 0.6 is 0 Å². The highest BCUT2D eigenvalue weighted by atomic mass is 19.1. The van der Waals surface area contributed by atoms with Crippen molar-refractivity contribution in [1.82, 2.24) is 5.32 Å². The third-order valence-electron chi connectivity index (χ3n) is 4.25. The molecule has 0 bridgehead atoms. The third kappa shape index (κ3) is 5.19. The molecule has 1 aliphatic rings. The quantitative estimate of drug-likeness (QED) is 0.697. The monoisotopic (exact) mass is 337 g/mol. The first-order chi connectivity index (χ1) is 11.5. The van der Waals surface area contributed by atoms with Crippen LogP contribution in [0.3, 0.4) is 0 Å². The van der Waals surface area contributed by atoms with E-state index in [0.717, 1.165) is 12.5 Å². The van der Waals surface area contributed by atoms with Gasteiger partial charge >= 0.3 is 6.03 Å². The van der Waals surface area contributed by atoms with Crippen molar-refractivity contribution in [3.05, 3.63) is 29.6 Å². The van der Waals surface area contributed by atoms with Gasteiger partial charge in [0.15, 0.2) is 0 Å². The lowest BCUT2D eigenvalue weighted by Gasteiger charge is -2.28. The van der Waals surface area contributed by atoms with Crippen molar-refractivity contribution >= 4 is 17.6 Å². The first-order valence-electron chi connectivity index (χ1n) is 8.23. The highest BCUT2D eigenvalue weighted by Crippen LogP contribution is 2.26. The minimum Gasteiger partial charge on any atom is -0.376 e. The lowest BCUT2D eigenvalue weighted by molar-refractivity contribution is -0.00232. The Balaban J connectivity index is 1.75. The number of carbonyl (C=O) groups excluding carboxylic acids is 2. The second kappa shape index (κ2) is 8.63. The van der Waals surface area contributed by atoms with Gasteiger partial charge in [-0.05, 0) is 37.0 Å². The number of amides is 3. The van der Waals surface area contributed by atoms with Gasteiger partial charge in [0.05, 0.1) is 18.4 Å². The topological polar surface area (TPSA) is 93.4 Å². The number of anilines is 1. The molecule has 2 rings (SSSR count). The maximum Gasteiger partial charge on any atom is 0.319 e. The number of primary amides is 1. The van der Waals surface area contributed by atoms with Gasteiger partial charge in [-0.15, -0.1) is 0 Å². The van der Waals surface area contributed by atoms with Crippen molar-refractivity contribution in [2.24, 2.45) is 11.7 Å². The molecule has 1 aromatic carbocycles. The Morgan fingerprint density at radius 2 is 2.08 bits per heavy atom. The fourth-order valence-electron chi connectivity index (χ4n) is 2.85. The van der Waals surface area contributed by atoms with E-state index in [4.69, 9.17) is 10.5 Å². The maximum atomic E-state index is 13.6. The molecule has 132 valence electrons. The van der Waals surface area contributed by atoms with E-state index in [1.165, 1.54) is 31.4 Å². The fraction of sp³-hybridized carbons (Fsp3) is 0.529. The van der Waals surface area contributed by atoms with Crippen LogP contribution in [0.4, 0.5) is 14.9 Å². The van der Waals surface area contributed by atoms with Gasteiger partial charge in [-0.2, -0.15) is 0 Å². The van der Waals surface area contributed by atoms with Crippen LogP contribution in [-0.4, -0.2) is 31.2 Å². The highest BCUT2D eigenvalue weighted by Gasteiger charge is 2.21. The number of ether oxygens (including phenoxy) is 1. The smallest absolute Gasteiger partial charge is 0.319 e. The van der Waals surface area contributed by atoms with E-state index in [1.54, 1.807) is 0 Å². The van der Waals surface area contributed by atoms with Crippen molar-refractivity contribution in [2.75, 3.05) is 18.5 Å². The van der Waals surface area contributed by atoms with Crippen LogP contribution in [0.2, 0.25) is 0 Å². The summed E-state index contributed by atoms with van der Waals surface area (Å²) in [7, 11) is 0. The molecule has 7 heteroatoms. The van der Waals surface area contributed by atoms with Gasteiger partial charge in [-0.3, -0.25) is 4.79 Å². The highest BCUT2D eigenvalue weighted by molar-refractivity contribution is 5.96. The molecule has 1 fully saturated rings. The van der Waals surface area contributed by atoms with Crippen molar-refractivity contribution in [3.63, 3.8) is 0 Å². The van der Waals surface area contributed by atoms with Crippen LogP contribution in [0, 0.1) is 11.7 Å². The zero-order chi connectivity index (χ0) is 17.5. The molecule has 0 heterocycles. The molecule has 1 aromatic rings. The zero-order valence-electron chi connectivity index (χ0n) is 13.8. The second-order valence-electron chi connectivity index (χ2n) is 6.11. The molecule has 0 spiro atoms. The standard InChI is InChI=1S/C17H24FN3O3/c1-11-4-2-3-5-15(11)24-9-8-20-17(23)21-14-10-12(16(19)22)6-7-13(14)18/h6-7,10-11,15H,2-5,8-9H2,1H3,(H2,19,22)(H2,20,21,23)/t11-,15+/m1/s1. The number of benzene rings is 1. The van der Waals surface area contributed by atoms with Gasteiger partial charge < -0.3 is 21.1 Å². The first kappa shape index (κ1) is 18.2. The number of urea groups is 1. The van der Waals surface area contributed by atoms with Crippen molar-refractivity contribution in [2.45, 2.75) is 38.7 Å². The molecule has 0 aromatic heterocycles. The predicted octanol–water partition coefficient (Wildman–Crippen LogP) is 2.64. The normalized spacial score (nSPS) is 20.4. The summed E-state index contributed by atoms with van der Waals surface area (Å²) >= 11 is 0. The number of hydrogen-bond acceptors (Lipinski definition) is 3. The van der Waals surface area contributed by atoms with E-state index < -0.39 is 17.8 Å². The first-order valence-corrected chi connectivity index (χ1v) is 8.23. The average Bonchev–Trinajstić information content (AvgIpc) is 2.55. The molecule has 1 aliphatic carbocycles. The minimum atomic E-state index is -0.687. The Morgan fingerprint density at radius 1 is 1.33 bits per heavy atom. The average molecular weight is 337 g/mol. The summed E-state index contributed by atoms with van der Waals surface area (Å²) < 4.78 is 19.4. The summed E-state index contributed by atoms with van der Waals surface area (Å²) in [5.74, 6) is -0.783. The Hall–Kier alpha value is -2.15. The number of rotatable bonds is 6. The number of nitrogens with two attached hydrogens (primary N) is 1. The van der Waals surface area contributed by atoms with Crippen LogP contribution in [0.25, 0.3) is 0 Å². The molecule has 1 saturated carbocycles. The molecule has 0 saturated heterocycles. The second-order valence-corrected chi connectivity index (χ2v) is 6.11. The molecular weight excluding hydrogens is 313 g/mol. The van der Waals surface area contributed by atoms with E-state index in [-0.39, 0.29) is 17.4 Å². The van der Waals surface area contributed by atoms with Gasteiger partial charge in [-0.1, -0.05) is 19.8 Å². The predicted molar refractivity (Wildman–Crippen MR) is 89.3 cm³/mol. The largest absolute Gasteiger partial charge is 0.376 e. The number of nitrogens with one attached hydrogen (secondary N) is 2. The van der Waals surface area contributed by atoms with Crippen molar-refractivity contribution < 1.29 is 18.7 Å². The van der Waals surface area contributed by atoms with Crippen LogP contribution in [0.1, 0.15) is 43.0 Å². The SMILES string of the molecule is C[C@@H]1CCCC[C@@H]1OCCNC(=O)Nc1cc(C(N)=O)ccc1F. The molecule has 24 heavy (non-hydrogen) atoms. The summed E-state index contributed by atoms with van der Waals surface area (Å²) in [6.45, 7) is 2.91. The fourth-order valence-corrected chi connectivity index (χ4v) is 2.85. The van der Waals surface area contributed by atoms with Gasteiger partial charge in [0.25, 0.3) is 0 Å². The maximum absolute atomic E-state index is 13.6. The lowest BCUT2D eigenvalue weighted by atomic mass is 9.88. The van der Waals surface area contributed by atoms with E-state index in [9.17, 15) is 14.0 Å². The van der Waals surface area contributed by atoms with Gasteiger partial charge in [0, 0.05) is 12.1 Å². The van der Waals surface area contributed by atoms with Crippen LogP contribution in [-0.2, 0) is 4.74 Å². The van der Waals surface area contributed by atoms with Crippen molar-refractivity contribution in [1.29, 1.82) is 0 Å². The molecule has 0 aliphatic heterocycles. The van der Waals surface area contributed by atoms with E-state index in [0.29, 0.717) is 19.1 Å². The van der Waals surface area contributed by atoms with Crippen molar-refractivity contribution in [3.8, 4) is 0 Å². The number of carbonyl (C=O) groups is 2. The Kier molecular flexibility index (Phi) is 6.54. The molecule has 0 radical (unpaired) electrons. The molecule has 0 unspecified atom stereocenters. The van der Waals surface area contributed by atoms with E-state index in [2.05, 4.69) is 17.6 Å². The van der Waals surface area contributed by atoms with Crippen LogP contribution in [0.5, 0.6) is 0 Å². The van der Waals surface area contributed by atoms with Gasteiger partial charge in [0.2, 0.25) is 5.91 Å². The van der Waals surface area contributed by atoms with Crippen LogP contribution in [0.15, 0.2) is 18.2 Å². The molecule has 2 atom stereocenters. The van der Waals surface area contributed by atoms with Gasteiger partial charge in [0.1, 0.15) is 5.82 Å². The number of hydrogen-bond donors (Lipinski definition) is 3. The van der Waals surface area contributed by atoms with Gasteiger partial charge in [-0.25, -0.2) is 9.18 Å². The summed E-state index contributed by atoms with van der Waals surface area (Å²) in [5, 5.41) is 4.97. The molecular formula is C17H24FN3O3. The number of halogens is 1. The Bertz CT molecular complexity index is 594. The molecule has 6 nitrogen and oxygen atoms in total. The summed E-state index contributed by atoms with van der Waals surface area (Å²) in [6, 6.07) is 3.00. The molecule has 4 N–H and O–H groups in total. The molecule has 3 amide bonds. The van der Waals surface area contributed by atoms with E-state index >= 15 is 0 Å². The third-order valence-corrected chi connectivity index (χ3v) is 4.25. The zero-order valence-corrected chi connectivity index (χ0v) is 13.8. The lowest BCUT2D eigenvalue weighted by Crippen LogP contribution is -2.34. The van der Waals surface area contributed by atoms with E-state index in [1.807, 2.05) is 0 Å². The van der Waals surface area contributed by atoms with Crippen LogP contribution < -0.4 is 16.4 Å².